The van der Waals surface area contributed by atoms with Crippen LogP contribution < -0.4 is 35.7 Å². The number of anilines is 6. The summed E-state index contributed by atoms with van der Waals surface area (Å²) in [5.74, 6) is 2.50. The second-order valence-electron chi connectivity index (χ2n) is 17.0. The molecule has 6 heteroatoms. The molecule has 0 aliphatic carbocycles. The van der Waals surface area contributed by atoms with Crippen molar-refractivity contribution in [2.24, 2.45) is 0 Å². The number of aryl methyl sites for hydroxylation is 2. The van der Waals surface area contributed by atoms with Gasteiger partial charge in [0.15, 0.2) is 11.5 Å². The Labute approximate surface area is 308 Å². The molecule has 0 saturated carbocycles. The van der Waals surface area contributed by atoms with E-state index in [1.54, 1.807) is 0 Å². The summed E-state index contributed by atoms with van der Waals surface area (Å²) in [6, 6.07) is 31.8. The quantitative estimate of drug-likeness (QED) is 0.169. The first-order valence-electron chi connectivity index (χ1n) is 18.7. The van der Waals surface area contributed by atoms with Gasteiger partial charge in [-0.05, 0) is 107 Å². The van der Waals surface area contributed by atoms with E-state index in [4.69, 9.17) is 13.9 Å². The number of ether oxygens (including phenoxy) is 2. The molecule has 3 aliphatic rings. The Bertz CT molecular complexity index is 2410. The monoisotopic (exact) mass is 686 g/mol. The molecule has 5 nitrogen and oxygen atoms in total. The second kappa shape index (κ2) is 11.5. The van der Waals surface area contributed by atoms with E-state index in [-0.39, 0.29) is 17.5 Å². The number of rotatable bonds is 2. The zero-order valence-corrected chi connectivity index (χ0v) is 31.9. The van der Waals surface area contributed by atoms with Crippen molar-refractivity contribution in [3.63, 3.8) is 0 Å². The number of fused-ring (bicyclic) bond motifs is 7. The number of hydrogen-bond acceptors (Lipinski definition) is 5. The van der Waals surface area contributed by atoms with Gasteiger partial charge in [-0.3, -0.25) is 4.90 Å². The first-order chi connectivity index (χ1) is 24.8. The Kier molecular flexibility index (Phi) is 7.22. The van der Waals surface area contributed by atoms with Crippen LogP contribution in [0.15, 0.2) is 89.3 Å². The molecule has 0 amide bonds. The molecule has 0 spiro atoms. The zero-order valence-electron chi connectivity index (χ0n) is 31.9. The predicted molar refractivity (Wildman–Crippen MR) is 217 cm³/mol. The van der Waals surface area contributed by atoms with Gasteiger partial charge in [0.05, 0.1) is 18.9 Å². The van der Waals surface area contributed by atoms with Crippen LogP contribution in [0.4, 0.5) is 34.3 Å². The van der Waals surface area contributed by atoms with E-state index in [9.17, 15) is 0 Å². The Morgan fingerprint density at radius 3 is 2.06 bits per heavy atom. The summed E-state index contributed by atoms with van der Waals surface area (Å²) in [7, 11) is 0. The van der Waals surface area contributed by atoms with E-state index in [2.05, 4.69) is 157 Å². The first-order valence-corrected chi connectivity index (χ1v) is 18.7. The molecule has 4 heterocycles. The third kappa shape index (κ3) is 4.90. The highest BCUT2D eigenvalue weighted by atomic mass is 16.5. The summed E-state index contributed by atoms with van der Waals surface area (Å²) in [6.45, 7) is 21.6. The Morgan fingerprint density at radius 2 is 1.33 bits per heavy atom. The SMILES string of the molecule is Cc1cc2c3c(c1)N(c1c(C)cc4c(c1C)OCCCO4)c1oc4ccccc4c1B3c1cc(C(C)(C)C)ccc1N2c1ccc(C(C)(C)C)cc1. The average molecular weight is 687 g/mol. The molecule has 0 saturated heterocycles. The van der Waals surface area contributed by atoms with Crippen LogP contribution in [0.1, 0.15) is 75.8 Å². The highest BCUT2D eigenvalue weighted by Gasteiger charge is 2.47. The third-order valence-electron chi connectivity index (χ3n) is 11.3. The van der Waals surface area contributed by atoms with Crippen LogP contribution in [0.25, 0.3) is 11.0 Å². The van der Waals surface area contributed by atoms with Gasteiger partial charge in [0.2, 0.25) is 5.88 Å². The molecule has 3 aliphatic heterocycles. The van der Waals surface area contributed by atoms with Crippen LogP contribution >= 0.6 is 0 Å². The largest absolute Gasteiger partial charge is 0.490 e. The molecule has 0 unspecified atom stereocenters. The molecule has 1 aromatic heterocycles. The molecular weight excluding hydrogens is 639 g/mol. The van der Waals surface area contributed by atoms with Crippen molar-refractivity contribution in [3.8, 4) is 11.5 Å². The van der Waals surface area contributed by atoms with Crippen molar-refractivity contribution in [1.82, 2.24) is 0 Å². The highest BCUT2D eigenvalue weighted by molar-refractivity contribution is 7.01. The Hall–Kier alpha value is -5.10. The number of benzene rings is 5. The Balaban J connectivity index is 1.39. The van der Waals surface area contributed by atoms with E-state index >= 15 is 0 Å². The second-order valence-corrected chi connectivity index (χ2v) is 17.0. The fourth-order valence-corrected chi connectivity index (χ4v) is 8.65. The van der Waals surface area contributed by atoms with Gasteiger partial charge < -0.3 is 18.8 Å². The fourth-order valence-electron chi connectivity index (χ4n) is 8.65. The molecule has 0 N–H and O–H groups in total. The van der Waals surface area contributed by atoms with Gasteiger partial charge >= 0.3 is 0 Å². The molecule has 6 aromatic rings. The lowest BCUT2D eigenvalue weighted by atomic mass is 9.33. The molecule has 5 aromatic carbocycles. The minimum atomic E-state index is -0.0380. The molecule has 262 valence electrons. The van der Waals surface area contributed by atoms with Gasteiger partial charge in [-0.2, -0.15) is 0 Å². The zero-order chi connectivity index (χ0) is 36.3. The van der Waals surface area contributed by atoms with Gasteiger partial charge in [0.1, 0.15) is 5.58 Å². The lowest BCUT2D eigenvalue weighted by Gasteiger charge is -2.43. The van der Waals surface area contributed by atoms with Gasteiger partial charge in [-0.1, -0.05) is 84.0 Å². The maximum atomic E-state index is 7.04. The molecule has 0 atom stereocenters. The van der Waals surface area contributed by atoms with Crippen molar-refractivity contribution in [3.05, 3.63) is 113 Å². The van der Waals surface area contributed by atoms with Crippen molar-refractivity contribution < 1.29 is 13.9 Å². The van der Waals surface area contributed by atoms with Gasteiger partial charge in [0.25, 0.3) is 6.71 Å². The molecule has 52 heavy (non-hydrogen) atoms. The summed E-state index contributed by atoms with van der Waals surface area (Å²) in [5.41, 5.74) is 16.5. The van der Waals surface area contributed by atoms with E-state index in [1.165, 1.54) is 44.5 Å². The summed E-state index contributed by atoms with van der Waals surface area (Å²) in [6.07, 6.45) is 0.857. The lowest BCUT2D eigenvalue weighted by Crippen LogP contribution is -2.61. The topological polar surface area (TPSA) is 38.1 Å². The van der Waals surface area contributed by atoms with Crippen LogP contribution in [-0.4, -0.2) is 19.9 Å². The number of para-hydroxylation sites is 1. The van der Waals surface area contributed by atoms with Gasteiger partial charge in [0, 0.05) is 45.6 Å². The molecular formula is C46H47BN2O3. The fraction of sp³-hybridized carbons (Fsp3) is 0.304. The molecule has 0 radical (unpaired) electrons. The Morgan fingerprint density at radius 1 is 0.654 bits per heavy atom. The van der Waals surface area contributed by atoms with E-state index in [1.807, 2.05) is 0 Å². The van der Waals surface area contributed by atoms with E-state index in [0.29, 0.717) is 13.2 Å². The summed E-state index contributed by atoms with van der Waals surface area (Å²) in [5, 5.41) is 1.14. The number of nitrogens with zero attached hydrogens (tertiary/aromatic N) is 2. The molecule has 0 bridgehead atoms. The van der Waals surface area contributed by atoms with Gasteiger partial charge in [-0.15, -0.1) is 0 Å². The first kappa shape index (κ1) is 32.8. The van der Waals surface area contributed by atoms with E-state index < -0.39 is 0 Å². The summed E-state index contributed by atoms with van der Waals surface area (Å²) in [4.78, 5) is 4.88. The molecule has 9 rings (SSSR count). The normalized spacial score (nSPS) is 15.0. The molecule has 0 fully saturated rings. The predicted octanol–water partition coefficient (Wildman–Crippen LogP) is 10.2. The van der Waals surface area contributed by atoms with Gasteiger partial charge in [-0.25, -0.2) is 0 Å². The summed E-state index contributed by atoms with van der Waals surface area (Å²) < 4.78 is 19.7. The lowest BCUT2D eigenvalue weighted by molar-refractivity contribution is 0.296. The standard InChI is InChI=1S/C46H47BN2O3/c1-27-23-36-41-37(24-27)49(42-28(2)25-39-43(29(42)3)51-22-12-21-50-39)44-40(33-13-10-11-14-38(33)52-44)47(41)34-26-31(46(7,8)9)17-20-35(34)48(36)32-18-15-30(16-19-32)45(4,5)6/h10-11,13-20,23-26H,12,21-22H2,1-9H3. The van der Waals surface area contributed by atoms with Crippen LogP contribution in [0.3, 0.4) is 0 Å². The minimum Gasteiger partial charge on any atom is -0.490 e. The van der Waals surface area contributed by atoms with Crippen LogP contribution in [-0.2, 0) is 10.8 Å². The van der Waals surface area contributed by atoms with Crippen LogP contribution in [0.5, 0.6) is 11.5 Å². The number of furan rings is 1. The van der Waals surface area contributed by atoms with Crippen molar-refractivity contribution >= 4 is 68.4 Å². The third-order valence-corrected chi connectivity index (χ3v) is 11.3. The highest BCUT2D eigenvalue weighted by Crippen LogP contribution is 2.50. The van der Waals surface area contributed by atoms with Crippen molar-refractivity contribution in [2.75, 3.05) is 23.0 Å². The minimum absolute atomic E-state index is 0.0231. The smallest absolute Gasteiger partial charge is 0.257 e. The summed E-state index contributed by atoms with van der Waals surface area (Å²) >= 11 is 0. The average Bonchev–Trinajstić information content (AvgIpc) is 3.31. The maximum Gasteiger partial charge on any atom is 0.257 e. The maximum absolute atomic E-state index is 7.04. The van der Waals surface area contributed by atoms with E-state index in [0.717, 1.165) is 63.0 Å². The van der Waals surface area contributed by atoms with Crippen LogP contribution in [0.2, 0.25) is 0 Å². The van der Waals surface area contributed by atoms with Crippen molar-refractivity contribution in [1.29, 1.82) is 0 Å². The van der Waals surface area contributed by atoms with Crippen molar-refractivity contribution in [2.45, 2.75) is 79.6 Å². The number of hydrogen-bond donors (Lipinski definition) is 0. The van der Waals surface area contributed by atoms with Crippen LogP contribution in [0, 0.1) is 20.8 Å².